The highest BCUT2D eigenvalue weighted by atomic mass is 32.1. The Morgan fingerprint density at radius 2 is 1.83 bits per heavy atom. The number of aromatic nitrogens is 1. The van der Waals surface area contributed by atoms with Crippen LogP contribution in [0, 0.1) is 0 Å². The summed E-state index contributed by atoms with van der Waals surface area (Å²) in [7, 11) is 2.04. The second-order valence-electron chi connectivity index (χ2n) is 6.82. The molecule has 1 N–H and O–H groups in total. The van der Waals surface area contributed by atoms with Gasteiger partial charge >= 0.3 is 6.18 Å². The van der Waals surface area contributed by atoms with Crippen molar-refractivity contribution in [1.29, 1.82) is 0 Å². The molecule has 0 spiro atoms. The Bertz CT molecular complexity index is 973. The number of halogens is 3. The van der Waals surface area contributed by atoms with Gasteiger partial charge < -0.3 is 4.90 Å². The Labute approximate surface area is 171 Å². The molecule has 4 nitrogen and oxygen atoms in total. The molecule has 0 saturated heterocycles. The van der Waals surface area contributed by atoms with Gasteiger partial charge in [-0.15, -0.1) is 11.3 Å². The number of alkyl halides is 3. The molecule has 2 aromatic carbocycles. The van der Waals surface area contributed by atoms with Crippen LogP contribution in [0.3, 0.4) is 0 Å². The number of carbonyl (C=O) groups excluding carboxylic acids is 1. The van der Waals surface area contributed by atoms with E-state index in [1.807, 2.05) is 30.6 Å². The highest BCUT2D eigenvalue weighted by Crippen LogP contribution is 2.34. The van der Waals surface area contributed by atoms with E-state index in [2.05, 4.69) is 17.1 Å². The van der Waals surface area contributed by atoms with Gasteiger partial charge in [-0.2, -0.15) is 13.2 Å². The number of rotatable bonds is 6. The summed E-state index contributed by atoms with van der Waals surface area (Å²) in [5.74, 6) is -0.393. The minimum atomic E-state index is -4.48. The fraction of sp³-hybridized carbons (Fsp3) is 0.238. The number of nitrogens with zero attached hydrogens (tertiary/aromatic N) is 2. The predicted molar refractivity (Wildman–Crippen MR) is 107 cm³/mol. The molecule has 0 aliphatic carbocycles. The summed E-state index contributed by atoms with van der Waals surface area (Å²) < 4.78 is 39.1. The number of anilines is 2. The Kier molecular flexibility index (Phi) is 6.34. The van der Waals surface area contributed by atoms with Gasteiger partial charge in [0.05, 0.1) is 18.3 Å². The van der Waals surface area contributed by atoms with Gasteiger partial charge in [0.1, 0.15) is 18.8 Å². The maximum absolute atomic E-state index is 13.0. The molecule has 29 heavy (non-hydrogen) atoms. The van der Waals surface area contributed by atoms with E-state index in [4.69, 9.17) is 0 Å². The minimum Gasteiger partial charge on any atom is -0.329 e. The van der Waals surface area contributed by atoms with E-state index in [0.717, 1.165) is 24.4 Å². The molecule has 0 fully saturated rings. The Morgan fingerprint density at radius 1 is 1.10 bits per heavy atom. The number of carbonyl (C=O) groups is 1. The monoisotopic (exact) mass is 420 g/mol. The first-order valence-electron chi connectivity index (χ1n) is 9.01. The van der Waals surface area contributed by atoms with Gasteiger partial charge in [-0.1, -0.05) is 36.4 Å². The third kappa shape index (κ3) is 5.42. The fourth-order valence-electron chi connectivity index (χ4n) is 3.04. The lowest BCUT2D eigenvalue weighted by Gasteiger charge is -2.19. The highest BCUT2D eigenvalue weighted by Gasteiger charge is 2.31. The van der Waals surface area contributed by atoms with Crippen molar-refractivity contribution < 1.29 is 22.9 Å². The molecule has 8 heteroatoms. The standard InChI is InChI=1S/C21H20F3N3OS/c1-15(28)27(19-10-6-9-17(11-19)21(22,23)24)20-25-18(14-29-20)13-26(2)12-16-7-4-3-5-8-16/h3-11,14H,12-13H2,1-2H3/p+1. The average molecular weight is 420 g/mol. The van der Waals surface area contributed by atoms with Crippen LogP contribution in [0.25, 0.3) is 0 Å². The van der Waals surface area contributed by atoms with Gasteiger partial charge in [0, 0.05) is 17.9 Å². The van der Waals surface area contributed by atoms with Gasteiger partial charge in [-0.25, -0.2) is 4.98 Å². The number of nitrogens with one attached hydrogen (secondary N) is 1. The second-order valence-corrected chi connectivity index (χ2v) is 7.66. The largest absolute Gasteiger partial charge is 0.416 e. The molecule has 0 bridgehead atoms. The second kappa shape index (κ2) is 8.75. The molecule has 0 aliphatic heterocycles. The molecule has 1 amide bonds. The summed E-state index contributed by atoms with van der Waals surface area (Å²) in [6.45, 7) is 2.77. The SMILES string of the molecule is CC(=O)N(c1cccc(C(F)(F)F)c1)c1nc(C[NH+](C)Cc2ccccc2)cs1. The molecular weight excluding hydrogens is 399 g/mol. The van der Waals surface area contributed by atoms with E-state index in [1.54, 1.807) is 0 Å². The third-order valence-corrected chi connectivity index (χ3v) is 5.18. The third-order valence-electron chi connectivity index (χ3n) is 4.31. The minimum absolute atomic E-state index is 0.151. The maximum Gasteiger partial charge on any atom is 0.416 e. The Morgan fingerprint density at radius 3 is 2.48 bits per heavy atom. The zero-order valence-electron chi connectivity index (χ0n) is 16.0. The average Bonchev–Trinajstić information content (AvgIpc) is 3.09. The molecule has 3 rings (SSSR count). The number of hydrogen-bond acceptors (Lipinski definition) is 3. The summed E-state index contributed by atoms with van der Waals surface area (Å²) in [4.78, 5) is 19.1. The molecule has 1 aromatic heterocycles. The van der Waals surface area contributed by atoms with Crippen LogP contribution in [0.5, 0.6) is 0 Å². The number of quaternary nitrogens is 1. The maximum atomic E-state index is 13.0. The van der Waals surface area contributed by atoms with E-state index < -0.39 is 17.6 Å². The van der Waals surface area contributed by atoms with Crippen molar-refractivity contribution in [1.82, 2.24) is 4.98 Å². The van der Waals surface area contributed by atoms with E-state index in [9.17, 15) is 18.0 Å². The number of benzene rings is 2. The van der Waals surface area contributed by atoms with Gasteiger partial charge in [-0.05, 0) is 18.2 Å². The Balaban J connectivity index is 1.78. The van der Waals surface area contributed by atoms with Gasteiger partial charge in [0.2, 0.25) is 5.91 Å². The smallest absolute Gasteiger partial charge is 0.329 e. The number of amides is 1. The molecule has 152 valence electrons. The van der Waals surface area contributed by atoms with Crippen LogP contribution in [0.1, 0.15) is 23.7 Å². The molecule has 1 atom stereocenters. The van der Waals surface area contributed by atoms with Crippen LogP contribution in [0.4, 0.5) is 24.0 Å². The van der Waals surface area contributed by atoms with Crippen molar-refractivity contribution in [2.24, 2.45) is 0 Å². The van der Waals surface area contributed by atoms with E-state index in [0.29, 0.717) is 11.7 Å². The first-order chi connectivity index (χ1) is 13.7. The summed E-state index contributed by atoms with van der Waals surface area (Å²) in [5, 5.41) is 2.20. The molecule has 0 aliphatic rings. The Hall–Kier alpha value is -2.71. The van der Waals surface area contributed by atoms with E-state index in [-0.39, 0.29) is 5.69 Å². The van der Waals surface area contributed by atoms with E-state index >= 15 is 0 Å². The fourth-order valence-corrected chi connectivity index (χ4v) is 3.93. The predicted octanol–water partition coefficient (Wildman–Crippen LogP) is 4.06. The van der Waals surface area contributed by atoms with Crippen molar-refractivity contribution in [3.8, 4) is 0 Å². The number of hydrogen-bond donors (Lipinski definition) is 1. The summed E-state index contributed by atoms with van der Waals surface area (Å²) in [5.41, 5.74) is 1.34. The van der Waals surface area contributed by atoms with Crippen LogP contribution in [-0.4, -0.2) is 17.9 Å². The van der Waals surface area contributed by atoms with Gasteiger partial charge in [0.15, 0.2) is 5.13 Å². The first-order valence-corrected chi connectivity index (χ1v) is 9.89. The van der Waals surface area contributed by atoms with Crippen molar-refractivity contribution in [3.05, 3.63) is 76.8 Å². The summed E-state index contributed by atoms with van der Waals surface area (Å²) in [6, 6.07) is 14.8. The van der Waals surface area contributed by atoms with Crippen molar-refractivity contribution >= 4 is 28.1 Å². The molecule has 0 radical (unpaired) electrons. The van der Waals surface area contributed by atoms with Crippen LogP contribution >= 0.6 is 11.3 Å². The van der Waals surface area contributed by atoms with Crippen LogP contribution in [-0.2, 0) is 24.1 Å². The zero-order chi connectivity index (χ0) is 21.0. The lowest BCUT2D eigenvalue weighted by Crippen LogP contribution is -3.06. The quantitative estimate of drug-likeness (QED) is 0.653. The van der Waals surface area contributed by atoms with Crippen LogP contribution < -0.4 is 9.80 Å². The molecule has 3 aromatic rings. The summed E-state index contributed by atoms with van der Waals surface area (Å²) >= 11 is 1.24. The topological polar surface area (TPSA) is 37.6 Å². The molecule has 1 heterocycles. The number of thiazole rings is 1. The normalized spacial score (nSPS) is 12.6. The van der Waals surface area contributed by atoms with Crippen LogP contribution in [0.15, 0.2) is 60.0 Å². The lowest BCUT2D eigenvalue weighted by molar-refractivity contribution is -0.908. The van der Waals surface area contributed by atoms with Gasteiger partial charge in [-0.3, -0.25) is 9.69 Å². The molecule has 0 saturated carbocycles. The summed E-state index contributed by atoms with van der Waals surface area (Å²) in [6.07, 6.45) is -4.48. The van der Waals surface area contributed by atoms with Crippen molar-refractivity contribution in [3.63, 3.8) is 0 Å². The zero-order valence-corrected chi connectivity index (χ0v) is 16.8. The first kappa shape index (κ1) is 21.0. The van der Waals surface area contributed by atoms with Crippen molar-refractivity contribution in [2.75, 3.05) is 11.9 Å². The van der Waals surface area contributed by atoms with Crippen LogP contribution in [0.2, 0.25) is 0 Å². The molecule has 1 unspecified atom stereocenters. The van der Waals surface area contributed by atoms with E-state index in [1.165, 1.54) is 45.8 Å². The van der Waals surface area contributed by atoms with Crippen molar-refractivity contribution in [2.45, 2.75) is 26.2 Å². The molecular formula is C21H21F3N3OS+. The highest BCUT2D eigenvalue weighted by molar-refractivity contribution is 7.14. The van der Waals surface area contributed by atoms with Gasteiger partial charge in [0.25, 0.3) is 0 Å². The lowest BCUT2D eigenvalue weighted by atomic mass is 10.2.